The molecule has 24 heavy (non-hydrogen) atoms. The Bertz CT molecular complexity index is 895. The van der Waals surface area contributed by atoms with E-state index in [0.29, 0.717) is 16.1 Å². The highest BCUT2D eigenvalue weighted by molar-refractivity contribution is 7.90. The van der Waals surface area contributed by atoms with Crippen LogP contribution in [0.1, 0.15) is 6.92 Å². The molecule has 0 spiro atoms. The fraction of sp³-hybridized carbons (Fsp3) is 0.188. The summed E-state index contributed by atoms with van der Waals surface area (Å²) in [6.45, 7) is 1.36. The van der Waals surface area contributed by atoms with E-state index < -0.39 is 32.6 Å². The summed E-state index contributed by atoms with van der Waals surface area (Å²) >= 11 is 5.95. The van der Waals surface area contributed by atoms with Gasteiger partial charge in [-0.15, -0.1) is 0 Å². The third kappa shape index (κ3) is 4.04. The number of carboxylic acids is 1. The normalized spacial score (nSPS) is 12.7. The number of hydrogen-bond donors (Lipinski definition) is 1. The summed E-state index contributed by atoms with van der Waals surface area (Å²) in [4.78, 5) is 10.5. The lowest BCUT2D eigenvalue weighted by molar-refractivity contribution is -0.144. The van der Waals surface area contributed by atoms with Gasteiger partial charge in [0.2, 0.25) is 0 Å². The van der Waals surface area contributed by atoms with Gasteiger partial charge in [0, 0.05) is 16.8 Å². The van der Waals surface area contributed by atoms with Crippen molar-refractivity contribution in [2.24, 2.45) is 0 Å². The summed E-state index contributed by atoms with van der Waals surface area (Å²) in [5, 5.41) is 9.29. The molecule has 1 unspecified atom stereocenters. The van der Waals surface area contributed by atoms with Crippen LogP contribution in [0.15, 0.2) is 41.3 Å². The van der Waals surface area contributed by atoms with Crippen LogP contribution in [-0.2, 0) is 14.6 Å². The SMILES string of the molecule is CC(Oc1ccc(Cl)cc1-c1ccc(S(C)(=O)=O)c(F)c1)C(=O)O. The minimum atomic E-state index is -3.69. The van der Waals surface area contributed by atoms with Gasteiger partial charge in [-0.25, -0.2) is 17.6 Å². The fourth-order valence-corrected chi connectivity index (χ4v) is 2.94. The van der Waals surface area contributed by atoms with Gasteiger partial charge in [-0.1, -0.05) is 17.7 Å². The van der Waals surface area contributed by atoms with Crippen molar-refractivity contribution in [3.05, 3.63) is 47.2 Å². The topological polar surface area (TPSA) is 80.7 Å². The number of carbonyl (C=O) groups is 1. The maximum absolute atomic E-state index is 14.1. The first-order valence-corrected chi connectivity index (χ1v) is 9.05. The summed E-state index contributed by atoms with van der Waals surface area (Å²) in [6.07, 6.45) is -0.210. The summed E-state index contributed by atoms with van der Waals surface area (Å²) in [6, 6.07) is 8.06. The number of aliphatic carboxylic acids is 1. The van der Waals surface area contributed by atoms with Crippen molar-refractivity contribution in [3.8, 4) is 16.9 Å². The zero-order valence-electron chi connectivity index (χ0n) is 12.8. The molecule has 2 aromatic carbocycles. The van der Waals surface area contributed by atoms with Crippen molar-refractivity contribution in [1.82, 2.24) is 0 Å². The number of benzene rings is 2. The molecular weight excluding hydrogens is 359 g/mol. The molecule has 0 fully saturated rings. The molecule has 0 radical (unpaired) electrons. The maximum atomic E-state index is 14.1. The van der Waals surface area contributed by atoms with Crippen LogP contribution in [0.3, 0.4) is 0 Å². The lowest BCUT2D eigenvalue weighted by Crippen LogP contribution is -2.23. The minimum absolute atomic E-state index is 0.195. The number of sulfone groups is 1. The van der Waals surface area contributed by atoms with Gasteiger partial charge in [0.15, 0.2) is 15.9 Å². The van der Waals surface area contributed by atoms with E-state index in [9.17, 15) is 17.6 Å². The monoisotopic (exact) mass is 372 g/mol. The van der Waals surface area contributed by atoms with Crippen LogP contribution in [0.25, 0.3) is 11.1 Å². The number of rotatable bonds is 5. The molecule has 2 aromatic rings. The molecule has 1 N–H and O–H groups in total. The molecule has 0 amide bonds. The smallest absolute Gasteiger partial charge is 0.344 e. The average Bonchev–Trinajstić information content (AvgIpc) is 2.47. The largest absolute Gasteiger partial charge is 0.479 e. The molecule has 0 saturated carbocycles. The number of hydrogen-bond acceptors (Lipinski definition) is 4. The van der Waals surface area contributed by atoms with E-state index in [-0.39, 0.29) is 5.75 Å². The molecule has 0 aliphatic carbocycles. The van der Waals surface area contributed by atoms with Crippen molar-refractivity contribution in [3.63, 3.8) is 0 Å². The average molecular weight is 373 g/mol. The minimum Gasteiger partial charge on any atom is -0.479 e. The molecule has 0 heterocycles. The third-order valence-electron chi connectivity index (χ3n) is 3.24. The second-order valence-corrected chi connectivity index (χ2v) is 7.58. The fourth-order valence-electron chi connectivity index (χ4n) is 2.04. The van der Waals surface area contributed by atoms with Crippen molar-refractivity contribution >= 4 is 27.4 Å². The van der Waals surface area contributed by atoms with Crippen LogP contribution in [0.2, 0.25) is 5.02 Å². The molecule has 0 bridgehead atoms. The van der Waals surface area contributed by atoms with E-state index in [4.69, 9.17) is 21.4 Å². The van der Waals surface area contributed by atoms with Crippen molar-refractivity contribution in [2.75, 3.05) is 6.26 Å². The number of ether oxygens (including phenoxy) is 1. The zero-order valence-corrected chi connectivity index (χ0v) is 14.4. The molecular formula is C16H14ClFO5S. The van der Waals surface area contributed by atoms with Gasteiger partial charge in [-0.3, -0.25) is 0 Å². The van der Waals surface area contributed by atoms with Gasteiger partial charge in [-0.2, -0.15) is 0 Å². The van der Waals surface area contributed by atoms with E-state index in [1.165, 1.54) is 31.2 Å². The van der Waals surface area contributed by atoms with E-state index in [1.54, 1.807) is 0 Å². The summed E-state index contributed by atoms with van der Waals surface area (Å²) in [5.41, 5.74) is 0.671. The van der Waals surface area contributed by atoms with E-state index in [0.717, 1.165) is 18.4 Å². The van der Waals surface area contributed by atoms with Crippen LogP contribution < -0.4 is 4.74 Å². The van der Waals surface area contributed by atoms with Gasteiger partial charge in [0.25, 0.3) is 0 Å². The Morgan fingerprint density at radius 1 is 1.25 bits per heavy atom. The van der Waals surface area contributed by atoms with E-state index in [1.807, 2.05) is 0 Å². The lowest BCUT2D eigenvalue weighted by atomic mass is 10.0. The van der Waals surface area contributed by atoms with Gasteiger partial charge in [0.05, 0.1) is 0 Å². The molecule has 5 nitrogen and oxygen atoms in total. The lowest BCUT2D eigenvalue weighted by Gasteiger charge is -2.15. The van der Waals surface area contributed by atoms with Crippen LogP contribution in [0.5, 0.6) is 5.75 Å². The Labute approximate surface area is 143 Å². The highest BCUT2D eigenvalue weighted by Gasteiger charge is 2.18. The number of carboxylic acid groups (broad SMARTS) is 1. The molecule has 0 aliphatic rings. The molecule has 8 heteroatoms. The van der Waals surface area contributed by atoms with Crippen LogP contribution >= 0.6 is 11.6 Å². The molecule has 0 aromatic heterocycles. The maximum Gasteiger partial charge on any atom is 0.344 e. The predicted molar refractivity (Wildman–Crippen MR) is 87.7 cm³/mol. The highest BCUT2D eigenvalue weighted by Crippen LogP contribution is 2.34. The predicted octanol–water partition coefficient (Wildman–Crippen LogP) is 3.40. The second kappa shape index (κ2) is 6.78. The summed E-state index contributed by atoms with van der Waals surface area (Å²) in [5.74, 6) is -1.87. The van der Waals surface area contributed by atoms with Gasteiger partial charge in [0.1, 0.15) is 16.5 Å². The van der Waals surface area contributed by atoms with Crippen LogP contribution in [0.4, 0.5) is 4.39 Å². The molecule has 1 atom stereocenters. The Balaban J connectivity index is 2.54. The Hall–Kier alpha value is -2.12. The third-order valence-corrected chi connectivity index (χ3v) is 4.60. The van der Waals surface area contributed by atoms with Crippen molar-refractivity contribution in [1.29, 1.82) is 0 Å². The van der Waals surface area contributed by atoms with E-state index in [2.05, 4.69) is 0 Å². The first-order valence-electron chi connectivity index (χ1n) is 6.78. The van der Waals surface area contributed by atoms with Gasteiger partial charge in [-0.05, 0) is 42.8 Å². The Morgan fingerprint density at radius 3 is 2.46 bits per heavy atom. The zero-order chi connectivity index (χ0) is 18.1. The van der Waals surface area contributed by atoms with E-state index >= 15 is 0 Å². The standard InChI is InChI=1S/C16H14ClFO5S/c1-9(16(19)20)23-14-5-4-11(17)8-12(14)10-3-6-15(13(18)7-10)24(2,21)22/h3-9H,1-2H3,(H,19,20). The van der Waals surface area contributed by atoms with Crippen LogP contribution in [-0.4, -0.2) is 31.9 Å². The Morgan fingerprint density at radius 2 is 1.92 bits per heavy atom. The molecule has 0 saturated heterocycles. The van der Waals surface area contributed by atoms with Crippen molar-refractivity contribution < 1.29 is 27.4 Å². The Kier molecular flexibility index (Phi) is 5.15. The quantitative estimate of drug-likeness (QED) is 0.870. The molecule has 2 rings (SSSR count). The molecule has 128 valence electrons. The summed E-state index contributed by atoms with van der Waals surface area (Å²) < 4.78 is 42.4. The first kappa shape index (κ1) is 18.2. The number of halogens is 2. The second-order valence-electron chi connectivity index (χ2n) is 5.16. The molecule has 0 aliphatic heterocycles. The first-order chi connectivity index (χ1) is 11.1. The van der Waals surface area contributed by atoms with Crippen LogP contribution in [0, 0.1) is 5.82 Å². The van der Waals surface area contributed by atoms with Crippen molar-refractivity contribution in [2.45, 2.75) is 17.9 Å². The van der Waals surface area contributed by atoms with Gasteiger partial charge >= 0.3 is 5.97 Å². The van der Waals surface area contributed by atoms with Gasteiger partial charge < -0.3 is 9.84 Å². The summed E-state index contributed by atoms with van der Waals surface area (Å²) in [7, 11) is -3.69. The highest BCUT2D eigenvalue weighted by atomic mass is 35.5.